The number of hydrogen-bond acceptors (Lipinski definition) is 5. The van der Waals surface area contributed by atoms with Gasteiger partial charge in [-0.25, -0.2) is 0 Å². The topological polar surface area (TPSA) is 84.9 Å². The zero-order valence-corrected chi connectivity index (χ0v) is 17.0. The summed E-state index contributed by atoms with van der Waals surface area (Å²) in [7, 11) is 1.49. The molecule has 1 saturated heterocycles. The first kappa shape index (κ1) is 21.0. The number of esters is 1. The predicted octanol–water partition coefficient (Wildman–Crippen LogP) is 3.54. The van der Waals surface area contributed by atoms with Gasteiger partial charge in [0, 0.05) is 13.0 Å². The minimum absolute atomic E-state index is 0.0319. The van der Waals surface area contributed by atoms with Crippen LogP contribution in [0, 0.1) is 5.92 Å². The van der Waals surface area contributed by atoms with Gasteiger partial charge in [0.25, 0.3) is 5.91 Å². The molecule has 1 fully saturated rings. The Morgan fingerprint density at radius 3 is 2.69 bits per heavy atom. The highest BCUT2D eigenvalue weighted by Gasteiger charge is 2.37. The summed E-state index contributed by atoms with van der Waals surface area (Å²) < 4.78 is 10.2. The van der Waals surface area contributed by atoms with Gasteiger partial charge in [-0.3, -0.25) is 14.4 Å². The number of ether oxygens (including phenoxy) is 2. The summed E-state index contributed by atoms with van der Waals surface area (Å²) in [6, 6.07) is 11.8. The molecule has 1 N–H and O–H groups in total. The lowest BCUT2D eigenvalue weighted by molar-refractivity contribution is -0.151. The van der Waals surface area contributed by atoms with E-state index in [-0.39, 0.29) is 23.9 Å². The second kappa shape index (κ2) is 9.15. The van der Waals surface area contributed by atoms with Crippen molar-refractivity contribution in [2.45, 2.75) is 6.42 Å². The van der Waals surface area contributed by atoms with E-state index in [9.17, 15) is 14.4 Å². The highest BCUT2D eigenvalue weighted by Crippen LogP contribution is 2.35. The third-order valence-corrected chi connectivity index (χ3v) is 5.22. The molecule has 0 saturated carbocycles. The second-order valence-corrected chi connectivity index (χ2v) is 7.12. The van der Waals surface area contributed by atoms with Crippen LogP contribution in [0.3, 0.4) is 0 Å². The maximum absolute atomic E-state index is 12.3. The Bertz CT molecular complexity index is 950. The molecular weight excluding hydrogens is 419 g/mol. The Morgan fingerprint density at radius 1 is 1.17 bits per heavy atom. The van der Waals surface area contributed by atoms with Crippen LogP contribution in [-0.4, -0.2) is 38.0 Å². The molecule has 29 heavy (non-hydrogen) atoms. The zero-order chi connectivity index (χ0) is 21.0. The molecule has 152 valence electrons. The molecule has 2 aromatic carbocycles. The Kier molecular flexibility index (Phi) is 6.61. The van der Waals surface area contributed by atoms with Gasteiger partial charge in [0.15, 0.2) is 6.61 Å². The molecule has 9 heteroatoms. The van der Waals surface area contributed by atoms with Crippen molar-refractivity contribution >= 4 is 52.4 Å². The first-order valence-electron chi connectivity index (χ1n) is 8.74. The summed E-state index contributed by atoms with van der Waals surface area (Å²) in [4.78, 5) is 38.1. The number of anilines is 2. The number of carbonyl (C=O) groups is 3. The van der Waals surface area contributed by atoms with Gasteiger partial charge in [-0.15, -0.1) is 0 Å². The molecule has 1 aliphatic heterocycles. The molecule has 0 aromatic heterocycles. The number of halogens is 2. The van der Waals surface area contributed by atoms with E-state index in [4.69, 9.17) is 32.7 Å². The minimum Gasteiger partial charge on any atom is -0.495 e. The third kappa shape index (κ3) is 4.81. The molecule has 1 aliphatic rings. The van der Waals surface area contributed by atoms with E-state index in [1.54, 1.807) is 42.5 Å². The van der Waals surface area contributed by atoms with Crippen molar-refractivity contribution in [3.05, 3.63) is 52.5 Å². The van der Waals surface area contributed by atoms with Gasteiger partial charge in [0.1, 0.15) is 5.75 Å². The number of methoxy groups -OCH3 is 1. The third-order valence-electron chi connectivity index (χ3n) is 4.41. The Balaban J connectivity index is 1.57. The van der Waals surface area contributed by atoms with E-state index in [0.29, 0.717) is 22.1 Å². The van der Waals surface area contributed by atoms with Crippen molar-refractivity contribution in [2.75, 3.05) is 30.5 Å². The molecule has 7 nitrogen and oxygen atoms in total. The number of nitrogens with one attached hydrogen (secondary N) is 1. The first-order valence-corrected chi connectivity index (χ1v) is 9.50. The van der Waals surface area contributed by atoms with Crippen LogP contribution in [0.5, 0.6) is 5.75 Å². The Labute approximate surface area is 177 Å². The highest BCUT2D eigenvalue weighted by molar-refractivity contribution is 6.44. The van der Waals surface area contributed by atoms with Gasteiger partial charge < -0.3 is 19.7 Å². The van der Waals surface area contributed by atoms with Gasteiger partial charge in [-0.2, -0.15) is 0 Å². The summed E-state index contributed by atoms with van der Waals surface area (Å²) in [6.45, 7) is -0.370. The zero-order valence-electron chi connectivity index (χ0n) is 15.5. The molecule has 2 aromatic rings. The van der Waals surface area contributed by atoms with Gasteiger partial charge in [0.05, 0.1) is 34.4 Å². The van der Waals surface area contributed by atoms with E-state index in [2.05, 4.69) is 5.32 Å². The molecule has 0 spiro atoms. The van der Waals surface area contributed by atoms with E-state index in [0.717, 1.165) is 0 Å². The molecule has 0 aliphatic carbocycles. The number of rotatable bonds is 6. The molecule has 0 unspecified atom stereocenters. The average Bonchev–Trinajstić information content (AvgIpc) is 3.10. The average molecular weight is 437 g/mol. The van der Waals surface area contributed by atoms with Crippen molar-refractivity contribution in [1.82, 2.24) is 0 Å². The summed E-state index contributed by atoms with van der Waals surface area (Å²) in [5.74, 6) is -1.62. The van der Waals surface area contributed by atoms with Crippen molar-refractivity contribution in [3.63, 3.8) is 0 Å². The van der Waals surface area contributed by atoms with Gasteiger partial charge >= 0.3 is 5.97 Å². The molecular formula is C20H18Cl2N2O5. The predicted molar refractivity (Wildman–Crippen MR) is 110 cm³/mol. The number of amides is 2. The van der Waals surface area contributed by atoms with Crippen LogP contribution < -0.4 is 15.0 Å². The fraction of sp³-hybridized carbons (Fsp3) is 0.250. The molecule has 2 amide bonds. The molecule has 3 rings (SSSR count). The Morgan fingerprint density at radius 2 is 1.93 bits per heavy atom. The monoisotopic (exact) mass is 436 g/mol. The van der Waals surface area contributed by atoms with Crippen molar-refractivity contribution in [3.8, 4) is 5.75 Å². The SMILES string of the molecule is COc1ccccc1NC(=O)COC(=O)[C@@H]1CC(=O)N(c2cccc(Cl)c2Cl)C1. The second-order valence-electron chi connectivity index (χ2n) is 6.33. The van der Waals surface area contributed by atoms with Crippen LogP contribution >= 0.6 is 23.2 Å². The smallest absolute Gasteiger partial charge is 0.311 e. The summed E-state index contributed by atoms with van der Waals surface area (Å²) in [5, 5.41) is 3.17. The fourth-order valence-corrected chi connectivity index (χ4v) is 3.39. The van der Waals surface area contributed by atoms with Crippen LogP contribution in [-0.2, 0) is 19.1 Å². The molecule has 0 radical (unpaired) electrons. The van der Waals surface area contributed by atoms with Crippen molar-refractivity contribution in [1.29, 1.82) is 0 Å². The van der Waals surface area contributed by atoms with Crippen molar-refractivity contribution in [2.24, 2.45) is 5.92 Å². The number of benzene rings is 2. The summed E-state index contributed by atoms with van der Waals surface area (Å²) in [5.41, 5.74) is 0.905. The maximum atomic E-state index is 12.3. The van der Waals surface area contributed by atoms with E-state index in [1.165, 1.54) is 12.0 Å². The number of hydrogen-bond donors (Lipinski definition) is 1. The summed E-state index contributed by atoms with van der Waals surface area (Å²) in [6.07, 6.45) is -0.0319. The quantitative estimate of drug-likeness (QED) is 0.699. The first-order chi connectivity index (χ1) is 13.9. The molecule has 1 heterocycles. The maximum Gasteiger partial charge on any atom is 0.311 e. The van der Waals surface area contributed by atoms with Crippen LogP contribution in [0.15, 0.2) is 42.5 Å². The van der Waals surface area contributed by atoms with Crippen LogP contribution in [0.2, 0.25) is 10.0 Å². The highest BCUT2D eigenvalue weighted by atomic mass is 35.5. The molecule has 0 bridgehead atoms. The van der Waals surface area contributed by atoms with Crippen LogP contribution in [0.25, 0.3) is 0 Å². The standard InChI is InChI=1S/C20H18Cl2N2O5/c1-28-16-8-3-2-6-14(16)23-17(25)11-29-20(27)12-9-18(26)24(10-12)15-7-4-5-13(21)19(15)22/h2-8,12H,9-11H2,1H3,(H,23,25)/t12-/m1/s1. The van der Waals surface area contributed by atoms with Gasteiger partial charge in [-0.1, -0.05) is 41.4 Å². The van der Waals surface area contributed by atoms with E-state index in [1.807, 2.05) is 0 Å². The number of carbonyl (C=O) groups excluding carboxylic acids is 3. The molecule has 1 atom stereocenters. The van der Waals surface area contributed by atoms with Crippen LogP contribution in [0.1, 0.15) is 6.42 Å². The number of para-hydroxylation sites is 2. The van der Waals surface area contributed by atoms with Crippen LogP contribution in [0.4, 0.5) is 11.4 Å². The summed E-state index contributed by atoms with van der Waals surface area (Å²) >= 11 is 12.2. The largest absolute Gasteiger partial charge is 0.495 e. The minimum atomic E-state index is -0.698. The Hall–Kier alpha value is -2.77. The fourth-order valence-electron chi connectivity index (χ4n) is 2.99. The normalized spacial score (nSPS) is 15.9. The van der Waals surface area contributed by atoms with Crippen molar-refractivity contribution < 1.29 is 23.9 Å². The lowest BCUT2D eigenvalue weighted by Crippen LogP contribution is -2.28. The van der Waals surface area contributed by atoms with E-state index >= 15 is 0 Å². The lowest BCUT2D eigenvalue weighted by Gasteiger charge is -2.18. The van der Waals surface area contributed by atoms with Gasteiger partial charge in [0.2, 0.25) is 5.91 Å². The lowest BCUT2D eigenvalue weighted by atomic mass is 10.1. The number of nitrogens with zero attached hydrogens (tertiary/aromatic N) is 1. The van der Waals surface area contributed by atoms with Gasteiger partial charge in [-0.05, 0) is 24.3 Å². The van der Waals surface area contributed by atoms with E-state index < -0.39 is 24.4 Å².